The van der Waals surface area contributed by atoms with Crippen molar-refractivity contribution in [2.45, 2.75) is 31.2 Å². The van der Waals surface area contributed by atoms with E-state index in [2.05, 4.69) is 20.5 Å². The molecule has 0 aliphatic carbocycles. The molecule has 1 aromatic carbocycles. The van der Waals surface area contributed by atoms with Gasteiger partial charge in [-0.1, -0.05) is 11.8 Å². The number of hydrogen-bond donors (Lipinski definition) is 1. The van der Waals surface area contributed by atoms with Gasteiger partial charge in [-0.25, -0.2) is 15.4 Å². The number of carbonyl (C=O) groups excluding carboxylic acids is 1. The van der Waals surface area contributed by atoms with Crippen molar-refractivity contribution in [1.82, 2.24) is 15.4 Å². The van der Waals surface area contributed by atoms with Gasteiger partial charge in [0.25, 0.3) is 5.91 Å². The van der Waals surface area contributed by atoms with Crippen molar-refractivity contribution in [2.24, 2.45) is 5.10 Å². The summed E-state index contributed by atoms with van der Waals surface area (Å²) in [5, 5.41) is 4.22. The van der Waals surface area contributed by atoms with Crippen molar-refractivity contribution in [3.63, 3.8) is 0 Å². The summed E-state index contributed by atoms with van der Waals surface area (Å²) < 4.78 is 5.09. The van der Waals surface area contributed by atoms with Crippen LogP contribution in [0.2, 0.25) is 0 Å². The maximum Gasteiger partial charge on any atom is 0.253 e. The number of benzene rings is 1. The van der Waals surface area contributed by atoms with Crippen molar-refractivity contribution >= 4 is 23.9 Å². The number of hydrogen-bond acceptors (Lipinski definition) is 6. The van der Waals surface area contributed by atoms with Crippen LogP contribution in [0.3, 0.4) is 0 Å². The molecule has 1 unspecified atom stereocenters. The lowest BCUT2D eigenvalue weighted by molar-refractivity contribution is -0.120. The second kappa shape index (κ2) is 8.44. The first kappa shape index (κ1) is 17.9. The summed E-state index contributed by atoms with van der Waals surface area (Å²) in [4.78, 5) is 20.7. The second-order valence-electron chi connectivity index (χ2n) is 5.20. The van der Waals surface area contributed by atoms with E-state index in [4.69, 9.17) is 4.74 Å². The Hall–Kier alpha value is -2.41. The van der Waals surface area contributed by atoms with Gasteiger partial charge in [0, 0.05) is 11.4 Å². The molecule has 6 nitrogen and oxygen atoms in total. The first-order valence-corrected chi connectivity index (χ1v) is 8.32. The summed E-state index contributed by atoms with van der Waals surface area (Å²) in [6.07, 6.45) is 1.59. The fourth-order valence-corrected chi connectivity index (χ4v) is 2.78. The zero-order valence-corrected chi connectivity index (χ0v) is 14.9. The molecule has 1 N–H and O–H groups in total. The van der Waals surface area contributed by atoms with E-state index in [9.17, 15) is 4.79 Å². The molecule has 0 saturated carbocycles. The minimum Gasteiger partial charge on any atom is -0.497 e. The van der Waals surface area contributed by atoms with E-state index in [1.807, 2.05) is 44.2 Å². The third-order valence-electron chi connectivity index (χ3n) is 3.12. The Labute approximate surface area is 145 Å². The number of aromatic nitrogens is 2. The van der Waals surface area contributed by atoms with Crippen LogP contribution in [0.25, 0.3) is 0 Å². The Morgan fingerprint density at radius 1 is 1.25 bits per heavy atom. The predicted octanol–water partition coefficient (Wildman–Crippen LogP) is 2.73. The van der Waals surface area contributed by atoms with Gasteiger partial charge >= 0.3 is 0 Å². The standard InChI is InChI=1S/C17H20N4O2S/c1-11-9-12(2)20-17(19-11)24-13(3)16(22)21-18-10-14-5-7-15(23-4)8-6-14/h5-10,13H,1-4H3,(H,21,22). The Bertz CT molecular complexity index is 712. The highest BCUT2D eigenvalue weighted by molar-refractivity contribution is 8.00. The first-order valence-electron chi connectivity index (χ1n) is 7.44. The van der Waals surface area contributed by atoms with Gasteiger partial charge in [0.15, 0.2) is 5.16 Å². The van der Waals surface area contributed by atoms with Crippen molar-refractivity contribution in [3.8, 4) is 5.75 Å². The summed E-state index contributed by atoms with van der Waals surface area (Å²) in [6, 6.07) is 9.28. The highest BCUT2D eigenvalue weighted by Gasteiger charge is 2.15. The molecular formula is C17H20N4O2S. The Kier molecular flexibility index (Phi) is 6.31. The zero-order chi connectivity index (χ0) is 17.5. The fraction of sp³-hybridized carbons (Fsp3) is 0.294. The minimum absolute atomic E-state index is 0.201. The molecule has 126 valence electrons. The van der Waals surface area contributed by atoms with Crippen LogP contribution in [-0.2, 0) is 4.79 Å². The van der Waals surface area contributed by atoms with Crippen molar-refractivity contribution in [1.29, 1.82) is 0 Å². The molecule has 1 amide bonds. The molecule has 7 heteroatoms. The smallest absolute Gasteiger partial charge is 0.253 e. The van der Waals surface area contributed by atoms with E-state index in [0.29, 0.717) is 5.16 Å². The lowest BCUT2D eigenvalue weighted by Crippen LogP contribution is -2.27. The second-order valence-corrected chi connectivity index (χ2v) is 6.51. The van der Waals surface area contributed by atoms with Gasteiger partial charge in [-0.05, 0) is 56.7 Å². The lowest BCUT2D eigenvalue weighted by atomic mass is 10.2. The third-order valence-corrected chi connectivity index (χ3v) is 4.08. The van der Waals surface area contributed by atoms with E-state index < -0.39 is 0 Å². The average Bonchev–Trinajstić information content (AvgIpc) is 2.54. The number of methoxy groups -OCH3 is 1. The van der Waals surface area contributed by atoms with E-state index >= 15 is 0 Å². The molecule has 1 atom stereocenters. The summed E-state index contributed by atoms with van der Waals surface area (Å²) >= 11 is 1.31. The normalized spacial score (nSPS) is 12.2. The molecule has 0 radical (unpaired) electrons. The van der Waals surface area contributed by atoms with Crippen LogP contribution in [0.15, 0.2) is 40.6 Å². The van der Waals surface area contributed by atoms with E-state index in [0.717, 1.165) is 22.7 Å². The van der Waals surface area contributed by atoms with Gasteiger partial charge in [0.1, 0.15) is 5.75 Å². The van der Waals surface area contributed by atoms with Gasteiger partial charge < -0.3 is 4.74 Å². The topological polar surface area (TPSA) is 76.5 Å². The van der Waals surface area contributed by atoms with Crippen LogP contribution < -0.4 is 10.2 Å². The van der Waals surface area contributed by atoms with Crippen LogP contribution in [0.1, 0.15) is 23.9 Å². The van der Waals surface area contributed by atoms with Gasteiger partial charge in [-0.15, -0.1) is 0 Å². The van der Waals surface area contributed by atoms with Crippen molar-refractivity contribution in [3.05, 3.63) is 47.3 Å². The lowest BCUT2D eigenvalue weighted by Gasteiger charge is -2.09. The summed E-state index contributed by atoms with van der Waals surface area (Å²) in [6.45, 7) is 5.61. The highest BCUT2D eigenvalue weighted by Crippen LogP contribution is 2.20. The molecule has 24 heavy (non-hydrogen) atoms. The molecule has 0 spiro atoms. The quantitative estimate of drug-likeness (QED) is 0.377. The number of thioether (sulfide) groups is 1. The van der Waals surface area contributed by atoms with Gasteiger partial charge in [0.2, 0.25) is 0 Å². The molecule has 2 rings (SSSR count). The molecule has 0 aliphatic heterocycles. The number of rotatable bonds is 6. The number of aryl methyl sites for hydroxylation is 2. The highest BCUT2D eigenvalue weighted by atomic mass is 32.2. The fourth-order valence-electron chi connectivity index (χ4n) is 1.91. The molecule has 0 saturated heterocycles. The SMILES string of the molecule is COc1ccc(C=NNC(=O)C(C)Sc2nc(C)cc(C)n2)cc1. The molecule has 1 aromatic heterocycles. The number of amides is 1. The van der Waals surface area contributed by atoms with Crippen molar-refractivity contribution < 1.29 is 9.53 Å². The van der Waals surface area contributed by atoms with Crippen molar-refractivity contribution in [2.75, 3.05) is 7.11 Å². The van der Waals surface area contributed by atoms with Crippen LogP contribution in [-0.4, -0.2) is 34.4 Å². The first-order chi connectivity index (χ1) is 11.5. The van der Waals surface area contributed by atoms with Gasteiger partial charge in [0.05, 0.1) is 18.6 Å². The molecule has 1 heterocycles. The van der Waals surface area contributed by atoms with E-state index in [1.165, 1.54) is 11.8 Å². The number of ether oxygens (including phenoxy) is 1. The number of nitrogens with one attached hydrogen (secondary N) is 1. The molecule has 0 fully saturated rings. The largest absolute Gasteiger partial charge is 0.497 e. The monoisotopic (exact) mass is 344 g/mol. The Morgan fingerprint density at radius 2 is 1.88 bits per heavy atom. The molecule has 0 bridgehead atoms. The van der Waals surface area contributed by atoms with Crippen LogP contribution in [0.4, 0.5) is 0 Å². The number of carbonyl (C=O) groups is 1. The van der Waals surface area contributed by atoms with Crippen LogP contribution in [0, 0.1) is 13.8 Å². The zero-order valence-electron chi connectivity index (χ0n) is 14.1. The Balaban J connectivity index is 1.89. The summed E-state index contributed by atoms with van der Waals surface area (Å²) in [5.74, 6) is 0.571. The third kappa shape index (κ3) is 5.34. The number of nitrogens with zero attached hydrogens (tertiary/aromatic N) is 3. The summed E-state index contributed by atoms with van der Waals surface area (Å²) in [5.41, 5.74) is 5.17. The predicted molar refractivity (Wildman–Crippen MR) is 95.6 cm³/mol. The van der Waals surface area contributed by atoms with E-state index in [-0.39, 0.29) is 11.2 Å². The Morgan fingerprint density at radius 3 is 2.46 bits per heavy atom. The van der Waals surface area contributed by atoms with Crippen LogP contribution >= 0.6 is 11.8 Å². The van der Waals surface area contributed by atoms with Crippen LogP contribution in [0.5, 0.6) is 5.75 Å². The van der Waals surface area contributed by atoms with Gasteiger partial charge in [-0.3, -0.25) is 4.79 Å². The maximum absolute atomic E-state index is 12.1. The molecule has 2 aromatic rings. The molecule has 0 aliphatic rings. The van der Waals surface area contributed by atoms with Gasteiger partial charge in [-0.2, -0.15) is 5.10 Å². The maximum atomic E-state index is 12.1. The van der Waals surface area contributed by atoms with E-state index in [1.54, 1.807) is 20.2 Å². The average molecular weight is 344 g/mol. The summed E-state index contributed by atoms with van der Waals surface area (Å²) in [7, 11) is 1.61. The molecular weight excluding hydrogens is 324 g/mol. The number of hydrazone groups is 1. The minimum atomic E-state index is -0.348.